The number of fused-ring (bicyclic) bond motifs is 1. The number of hydrogen-bond donors (Lipinski definition) is 2. The Morgan fingerprint density at radius 1 is 1.54 bits per heavy atom. The number of benzene rings is 1. The molecule has 0 aromatic heterocycles. The molecule has 0 bridgehead atoms. The van der Waals surface area contributed by atoms with Crippen molar-refractivity contribution in [3.8, 4) is 5.75 Å². The average molecular weight is 195 g/mol. The van der Waals surface area contributed by atoms with Crippen LogP contribution in [0.3, 0.4) is 0 Å². The van der Waals surface area contributed by atoms with E-state index in [-0.39, 0.29) is 6.04 Å². The van der Waals surface area contributed by atoms with Crippen LogP contribution >= 0.6 is 11.8 Å². The number of thioether (sulfide) groups is 1. The Hall–Kier alpha value is -0.670. The van der Waals surface area contributed by atoms with Gasteiger partial charge in [-0.3, -0.25) is 0 Å². The summed E-state index contributed by atoms with van der Waals surface area (Å²) in [5.41, 5.74) is 7.97. The molecule has 0 radical (unpaired) electrons. The maximum absolute atomic E-state index is 9.78. The zero-order chi connectivity index (χ0) is 9.42. The minimum atomic E-state index is 0.0998. The minimum Gasteiger partial charge on any atom is -0.506 e. The van der Waals surface area contributed by atoms with Crippen molar-refractivity contribution in [2.75, 3.05) is 5.75 Å². The topological polar surface area (TPSA) is 46.2 Å². The van der Waals surface area contributed by atoms with Crippen LogP contribution in [0.25, 0.3) is 0 Å². The van der Waals surface area contributed by atoms with Gasteiger partial charge in [-0.25, -0.2) is 0 Å². The maximum Gasteiger partial charge on any atom is 0.132 e. The van der Waals surface area contributed by atoms with E-state index in [2.05, 4.69) is 0 Å². The van der Waals surface area contributed by atoms with Crippen molar-refractivity contribution in [1.82, 2.24) is 0 Å². The summed E-state index contributed by atoms with van der Waals surface area (Å²) in [5.74, 6) is 1.42. The fraction of sp³-hybridized carbons (Fsp3) is 0.400. The predicted molar refractivity (Wildman–Crippen MR) is 55.1 cm³/mol. The van der Waals surface area contributed by atoms with Gasteiger partial charge in [-0.15, -0.1) is 11.8 Å². The smallest absolute Gasteiger partial charge is 0.132 e. The second-order valence-electron chi connectivity index (χ2n) is 3.39. The van der Waals surface area contributed by atoms with Gasteiger partial charge in [-0.1, -0.05) is 12.1 Å². The van der Waals surface area contributed by atoms with Crippen LogP contribution in [0, 0.1) is 6.92 Å². The first-order valence-electron chi connectivity index (χ1n) is 4.41. The van der Waals surface area contributed by atoms with E-state index in [1.54, 1.807) is 11.8 Å². The molecule has 2 nitrogen and oxygen atoms in total. The van der Waals surface area contributed by atoms with Gasteiger partial charge >= 0.3 is 0 Å². The highest BCUT2D eigenvalue weighted by atomic mass is 32.2. The summed E-state index contributed by atoms with van der Waals surface area (Å²) in [5, 5.41) is 9.78. The monoisotopic (exact) mass is 195 g/mol. The third-order valence-electron chi connectivity index (χ3n) is 2.44. The summed E-state index contributed by atoms with van der Waals surface area (Å²) in [6.07, 6.45) is 1.00. The van der Waals surface area contributed by atoms with Crippen LogP contribution in [0.1, 0.15) is 23.6 Å². The first kappa shape index (κ1) is 8.91. The van der Waals surface area contributed by atoms with Crippen LogP contribution in [0.5, 0.6) is 5.75 Å². The first-order valence-corrected chi connectivity index (χ1v) is 5.39. The molecular weight excluding hydrogens is 182 g/mol. The van der Waals surface area contributed by atoms with E-state index in [4.69, 9.17) is 5.73 Å². The van der Waals surface area contributed by atoms with Gasteiger partial charge < -0.3 is 10.8 Å². The molecule has 1 atom stereocenters. The highest BCUT2D eigenvalue weighted by Crippen LogP contribution is 2.41. The van der Waals surface area contributed by atoms with Gasteiger partial charge in [0.05, 0.1) is 4.90 Å². The Labute approximate surface area is 82.1 Å². The molecule has 1 unspecified atom stereocenters. The van der Waals surface area contributed by atoms with Crippen molar-refractivity contribution in [1.29, 1.82) is 0 Å². The van der Waals surface area contributed by atoms with Crippen LogP contribution in [0.2, 0.25) is 0 Å². The van der Waals surface area contributed by atoms with Crippen molar-refractivity contribution in [2.24, 2.45) is 5.73 Å². The Balaban J connectivity index is 2.56. The Kier molecular flexibility index (Phi) is 2.22. The van der Waals surface area contributed by atoms with E-state index < -0.39 is 0 Å². The Bertz CT molecular complexity index is 338. The SMILES string of the molecule is Cc1ccc2c(c1O)SCCC2N. The van der Waals surface area contributed by atoms with Gasteiger partial charge in [0, 0.05) is 6.04 Å². The second-order valence-corrected chi connectivity index (χ2v) is 4.50. The third kappa shape index (κ3) is 1.42. The second kappa shape index (κ2) is 3.24. The van der Waals surface area contributed by atoms with Crippen LogP contribution in [0.4, 0.5) is 0 Å². The maximum atomic E-state index is 9.78. The number of aryl methyl sites for hydroxylation is 1. The molecule has 1 aromatic carbocycles. The van der Waals surface area contributed by atoms with Crippen LogP contribution < -0.4 is 5.73 Å². The number of phenols is 1. The van der Waals surface area contributed by atoms with Gasteiger partial charge in [0.1, 0.15) is 5.75 Å². The molecule has 1 aliphatic heterocycles. The molecule has 0 saturated carbocycles. The van der Waals surface area contributed by atoms with Crippen molar-refractivity contribution in [3.63, 3.8) is 0 Å². The van der Waals surface area contributed by atoms with Gasteiger partial charge in [-0.2, -0.15) is 0 Å². The predicted octanol–water partition coefficient (Wildman–Crippen LogP) is 2.20. The normalized spacial score (nSPS) is 21.2. The lowest BCUT2D eigenvalue weighted by Crippen LogP contribution is -2.15. The zero-order valence-corrected chi connectivity index (χ0v) is 8.40. The van der Waals surface area contributed by atoms with Crippen molar-refractivity contribution in [2.45, 2.75) is 24.3 Å². The van der Waals surface area contributed by atoms with Crippen LogP contribution in [-0.2, 0) is 0 Å². The fourth-order valence-electron chi connectivity index (χ4n) is 1.57. The Morgan fingerprint density at radius 3 is 3.08 bits per heavy atom. The highest BCUT2D eigenvalue weighted by Gasteiger charge is 2.20. The number of rotatable bonds is 0. The van der Waals surface area contributed by atoms with E-state index in [9.17, 15) is 5.11 Å². The van der Waals surface area contributed by atoms with E-state index >= 15 is 0 Å². The molecule has 3 heteroatoms. The van der Waals surface area contributed by atoms with Gasteiger partial charge in [-0.05, 0) is 30.2 Å². The van der Waals surface area contributed by atoms with E-state index in [0.717, 1.165) is 28.2 Å². The molecule has 3 N–H and O–H groups in total. The minimum absolute atomic E-state index is 0.0998. The molecule has 2 rings (SSSR count). The van der Waals surface area contributed by atoms with Crippen molar-refractivity contribution >= 4 is 11.8 Å². The van der Waals surface area contributed by atoms with Crippen molar-refractivity contribution in [3.05, 3.63) is 23.3 Å². The standard InChI is InChI=1S/C10H13NOS/c1-6-2-3-7-8(11)4-5-13-10(7)9(6)12/h2-3,8,12H,4-5,11H2,1H3. The van der Waals surface area contributed by atoms with Gasteiger partial charge in [0.25, 0.3) is 0 Å². The van der Waals surface area contributed by atoms with Crippen LogP contribution in [0.15, 0.2) is 17.0 Å². The molecule has 1 aromatic rings. The zero-order valence-electron chi connectivity index (χ0n) is 7.58. The molecule has 0 saturated heterocycles. The molecule has 13 heavy (non-hydrogen) atoms. The van der Waals surface area contributed by atoms with E-state index in [1.807, 2.05) is 19.1 Å². The lowest BCUT2D eigenvalue weighted by molar-refractivity contribution is 0.453. The molecule has 70 valence electrons. The molecular formula is C10H13NOS. The summed E-state index contributed by atoms with van der Waals surface area (Å²) in [6.45, 7) is 1.91. The number of phenolic OH excluding ortho intramolecular Hbond substituents is 1. The number of nitrogens with two attached hydrogens (primary N) is 1. The number of hydrogen-bond acceptors (Lipinski definition) is 3. The average Bonchev–Trinajstić information content (AvgIpc) is 2.12. The third-order valence-corrected chi connectivity index (χ3v) is 3.60. The summed E-state index contributed by atoms with van der Waals surface area (Å²) in [4.78, 5) is 0.985. The highest BCUT2D eigenvalue weighted by molar-refractivity contribution is 7.99. The fourth-order valence-corrected chi connectivity index (χ4v) is 2.83. The lowest BCUT2D eigenvalue weighted by atomic mass is 10.0. The Morgan fingerprint density at radius 2 is 2.31 bits per heavy atom. The van der Waals surface area contributed by atoms with Crippen LogP contribution in [-0.4, -0.2) is 10.9 Å². The summed E-state index contributed by atoms with van der Waals surface area (Å²) >= 11 is 1.70. The quantitative estimate of drug-likeness (QED) is 0.667. The van der Waals surface area contributed by atoms with E-state index in [0.29, 0.717) is 5.75 Å². The molecule has 0 amide bonds. The first-order chi connectivity index (χ1) is 6.20. The molecule has 0 aliphatic carbocycles. The molecule has 0 fully saturated rings. The molecule has 1 aliphatic rings. The summed E-state index contributed by atoms with van der Waals surface area (Å²) in [6, 6.07) is 4.06. The molecule has 1 heterocycles. The van der Waals surface area contributed by atoms with Crippen molar-refractivity contribution < 1.29 is 5.11 Å². The van der Waals surface area contributed by atoms with E-state index in [1.165, 1.54) is 0 Å². The summed E-state index contributed by atoms with van der Waals surface area (Å²) in [7, 11) is 0. The summed E-state index contributed by atoms with van der Waals surface area (Å²) < 4.78 is 0. The van der Waals surface area contributed by atoms with Gasteiger partial charge in [0.15, 0.2) is 0 Å². The molecule has 0 spiro atoms. The van der Waals surface area contributed by atoms with Gasteiger partial charge in [0.2, 0.25) is 0 Å². The lowest BCUT2D eigenvalue weighted by Gasteiger charge is -2.22. The largest absolute Gasteiger partial charge is 0.506 e. The number of aromatic hydroxyl groups is 1.